The van der Waals surface area contributed by atoms with Crippen molar-refractivity contribution in [2.45, 2.75) is 33.6 Å². The average molecular weight is 211 g/mol. The lowest BCUT2D eigenvalue weighted by Gasteiger charge is -2.34. The third-order valence-electron chi connectivity index (χ3n) is 2.31. The van der Waals surface area contributed by atoms with Gasteiger partial charge >= 0.3 is 0 Å². The zero-order chi connectivity index (χ0) is 10.9. The topological polar surface area (TPSA) is 49.2 Å². The van der Waals surface area contributed by atoms with E-state index in [9.17, 15) is 0 Å². The summed E-state index contributed by atoms with van der Waals surface area (Å²) in [6.45, 7) is 8.23. The fraction of sp³-hybridized carbons (Fsp3) is 0.800. The van der Waals surface area contributed by atoms with Gasteiger partial charge in [-0.2, -0.15) is 0 Å². The smallest absolute Gasteiger partial charge is 0.177 e. The van der Waals surface area contributed by atoms with Crippen molar-refractivity contribution in [2.24, 2.45) is 5.41 Å². The molecule has 0 amide bonds. The molecule has 1 aliphatic rings. The van der Waals surface area contributed by atoms with Gasteiger partial charge in [0.2, 0.25) is 0 Å². The van der Waals surface area contributed by atoms with Crippen molar-refractivity contribution in [3.63, 3.8) is 0 Å². The van der Waals surface area contributed by atoms with Gasteiger partial charge < -0.3 is 9.47 Å². The van der Waals surface area contributed by atoms with Gasteiger partial charge in [0.15, 0.2) is 6.29 Å². The summed E-state index contributed by atoms with van der Waals surface area (Å²) >= 11 is 0. The lowest BCUT2D eigenvalue weighted by molar-refractivity contribution is -0.227. The maximum atomic E-state index is 5.60. The lowest BCUT2D eigenvalue weighted by atomic mass is 9.96. The number of ether oxygens (including phenoxy) is 2. The van der Waals surface area contributed by atoms with Crippen molar-refractivity contribution >= 4 is 0 Å². The van der Waals surface area contributed by atoms with E-state index >= 15 is 0 Å². The van der Waals surface area contributed by atoms with Gasteiger partial charge in [-0.1, -0.05) is 19.1 Å². The Balaban J connectivity index is 1.87. The second kappa shape index (κ2) is 3.90. The first-order valence-electron chi connectivity index (χ1n) is 5.15. The van der Waals surface area contributed by atoms with Crippen molar-refractivity contribution in [1.29, 1.82) is 0 Å². The molecule has 1 fully saturated rings. The summed E-state index contributed by atoms with van der Waals surface area (Å²) in [7, 11) is 0. The molecule has 2 heterocycles. The largest absolute Gasteiger partial charge is 0.350 e. The van der Waals surface area contributed by atoms with Crippen LogP contribution in [0, 0.1) is 12.3 Å². The summed E-state index contributed by atoms with van der Waals surface area (Å²) in [5.74, 6) is 0. The predicted octanol–water partition coefficient (Wildman–Crippen LogP) is 0.986. The van der Waals surface area contributed by atoms with Gasteiger partial charge in [-0.15, -0.1) is 5.10 Å². The molecule has 0 aliphatic carbocycles. The lowest BCUT2D eigenvalue weighted by Crippen LogP contribution is -2.39. The average Bonchev–Trinajstić information content (AvgIpc) is 2.55. The SMILES string of the molecule is Cc1cn(CC2OCC(C)(C)CO2)nn1. The number of rotatable bonds is 2. The van der Waals surface area contributed by atoms with Crippen LogP contribution in [0.25, 0.3) is 0 Å². The second-order valence-corrected chi connectivity index (χ2v) is 4.80. The summed E-state index contributed by atoms with van der Waals surface area (Å²) in [5.41, 5.74) is 1.03. The van der Waals surface area contributed by atoms with Crippen LogP contribution in [0.2, 0.25) is 0 Å². The Bertz CT molecular complexity index is 325. The monoisotopic (exact) mass is 211 g/mol. The fourth-order valence-electron chi connectivity index (χ4n) is 1.47. The fourth-order valence-corrected chi connectivity index (χ4v) is 1.47. The van der Waals surface area contributed by atoms with Gasteiger partial charge in [0, 0.05) is 11.6 Å². The zero-order valence-corrected chi connectivity index (χ0v) is 9.43. The molecule has 1 aromatic heterocycles. The molecule has 0 aromatic carbocycles. The highest BCUT2D eigenvalue weighted by Crippen LogP contribution is 2.23. The van der Waals surface area contributed by atoms with E-state index in [0.29, 0.717) is 6.54 Å². The number of aryl methyl sites for hydroxylation is 1. The summed E-state index contributed by atoms with van der Waals surface area (Å²) in [6.07, 6.45) is 1.69. The van der Waals surface area contributed by atoms with Gasteiger partial charge in [0.05, 0.1) is 25.5 Å². The zero-order valence-electron chi connectivity index (χ0n) is 9.43. The first-order chi connectivity index (χ1) is 7.05. The normalized spacial score (nSPS) is 21.8. The number of hydrogen-bond acceptors (Lipinski definition) is 4. The molecule has 1 saturated heterocycles. The van der Waals surface area contributed by atoms with E-state index in [2.05, 4.69) is 24.2 Å². The summed E-state index contributed by atoms with van der Waals surface area (Å²) in [6, 6.07) is 0. The second-order valence-electron chi connectivity index (χ2n) is 4.80. The molecule has 2 rings (SSSR count). The predicted molar refractivity (Wildman–Crippen MR) is 54.2 cm³/mol. The highest BCUT2D eigenvalue weighted by atomic mass is 16.7. The Labute approximate surface area is 89.4 Å². The molecule has 0 saturated carbocycles. The molecular formula is C10H17N3O2. The molecule has 84 valence electrons. The van der Waals surface area contributed by atoms with Gasteiger partial charge in [-0.05, 0) is 6.92 Å². The number of hydrogen-bond donors (Lipinski definition) is 0. The van der Waals surface area contributed by atoms with Crippen LogP contribution < -0.4 is 0 Å². The first-order valence-corrected chi connectivity index (χ1v) is 5.15. The van der Waals surface area contributed by atoms with Crippen LogP contribution >= 0.6 is 0 Å². The van der Waals surface area contributed by atoms with E-state index in [1.54, 1.807) is 4.68 Å². The molecule has 1 aliphatic heterocycles. The van der Waals surface area contributed by atoms with E-state index in [1.165, 1.54) is 0 Å². The third-order valence-corrected chi connectivity index (χ3v) is 2.31. The van der Waals surface area contributed by atoms with E-state index in [-0.39, 0.29) is 11.7 Å². The van der Waals surface area contributed by atoms with Gasteiger partial charge in [0.25, 0.3) is 0 Å². The molecule has 0 unspecified atom stereocenters. The van der Waals surface area contributed by atoms with Gasteiger partial charge in [-0.25, -0.2) is 4.68 Å². The van der Waals surface area contributed by atoms with Crippen LogP contribution in [0.1, 0.15) is 19.5 Å². The maximum Gasteiger partial charge on any atom is 0.177 e. The van der Waals surface area contributed by atoms with E-state index in [1.807, 2.05) is 13.1 Å². The molecule has 15 heavy (non-hydrogen) atoms. The highest BCUT2D eigenvalue weighted by molar-refractivity contribution is 4.86. The first kappa shape index (κ1) is 10.6. The molecule has 1 aromatic rings. The van der Waals surface area contributed by atoms with Gasteiger partial charge in [-0.3, -0.25) is 0 Å². The Morgan fingerprint density at radius 1 is 1.47 bits per heavy atom. The third kappa shape index (κ3) is 2.76. The minimum Gasteiger partial charge on any atom is -0.350 e. The minimum absolute atomic E-state index is 0.120. The molecular weight excluding hydrogens is 194 g/mol. The van der Waals surface area contributed by atoms with Crippen LogP contribution in [0.15, 0.2) is 6.20 Å². The Hall–Kier alpha value is -0.940. The van der Waals surface area contributed by atoms with Crippen LogP contribution in [0.4, 0.5) is 0 Å². The van der Waals surface area contributed by atoms with Crippen molar-refractivity contribution < 1.29 is 9.47 Å². The Morgan fingerprint density at radius 2 is 2.13 bits per heavy atom. The molecule has 0 N–H and O–H groups in total. The quantitative estimate of drug-likeness (QED) is 0.732. The van der Waals surface area contributed by atoms with E-state index in [0.717, 1.165) is 18.9 Å². The standard InChI is InChI=1S/C10H17N3O2/c1-8-4-13(12-11-8)5-9-14-6-10(2,3)7-15-9/h4,9H,5-7H2,1-3H3. The maximum absolute atomic E-state index is 5.60. The van der Waals surface area contributed by atoms with E-state index in [4.69, 9.17) is 9.47 Å². The molecule has 5 heteroatoms. The van der Waals surface area contributed by atoms with Crippen molar-refractivity contribution in [1.82, 2.24) is 15.0 Å². The number of aromatic nitrogens is 3. The van der Waals surface area contributed by atoms with Crippen LogP contribution in [-0.4, -0.2) is 34.5 Å². The molecule has 5 nitrogen and oxygen atoms in total. The molecule has 0 bridgehead atoms. The van der Waals surface area contributed by atoms with Gasteiger partial charge in [0.1, 0.15) is 0 Å². The summed E-state index contributed by atoms with van der Waals surface area (Å²) in [5, 5.41) is 7.87. The van der Waals surface area contributed by atoms with Crippen molar-refractivity contribution in [3.05, 3.63) is 11.9 Å². The highest BCUT2D eigenvalue weighted by Gasteiger charge is 2.28. The van der Waals surface area contributed by atoms with Crippen LogP contribution in [0.5, 0.6) is 0 Å². The molecule has 0 radical (unpaired) electrons. The molecule has 0 spiro atoms. The van der Waals surface area contributed by atoms with Crippen LogP contribution in [0.3, 0.4) is 0 Å². The van der Waals surface area contributed by atoms with Crippen LogP contribution in [-0.2, 0) is 16.0 Å². The van der Waals surface area contributed by atoms with Crippen molar-refractivity contribution in [3.8, 4) is 0 Å². The number of nitrogens with zero attached hydrogens (tertiary/aromatic N) is 3. The summed E-state index contributed by atoms with van der Waals surface area (Å²) in [4.78, 5) is 0. The van der Waals surface area contributed by atoms with E-state index < -0.39 is 0 Å². The minimum atomic E-state index is -0.195. The molecule has 0 atom stereocenters. The Kier molecular flexibility index (Phi) is 2.75. The Morgan fingerprint density at radius 3 is 2.67 bits per heavy atom. The van der Waals surface area contributed by atoms with Crippen molar-refractivity contribution in [2.75, 3.05) is 13.2 Å². The summed E-state index contributed by atoms with van der Waals surface area (Å²) < 4.78 is 12.9.